The van der Waals surface area contributed by atoms with Crippen LogP contribution in [-0.2, 0) is 4.79 Å². The molecule has 1 unspecified atom stereocenters. The van der Waals surface area contributed by atoms with E-state index >= 15 is 0 Å². The Balaban J connectivity index is 2.06. The van der Waals surface area contributed by atoms with Crippen LogP contribution in [0.15, 0.2) is 0 Å². The molecule has 0 radical (unpaired) electrons. The molecule has 2 N–H and O–H groups in total. The number of nitriles is 1. The Hall–Kier alpha value is -1.12. The summed E-state index contributed by atoms with van der Waals surface area (Å²) in [6.07, 6.45) is 2.47. The highest BCUT2D eigenvalue weighted by molar-refractivity contribution is 5.78. The molecule has 0 spiro atoms. The minimum atomic E-state index is -0.106. The number of rotatable bonds is 5. The van der Waals surface area contributed by atoms with Gasteiger partial charge < -0.3 is 15.5 Å². The minimum Gasteiger partial charge on any atom is -0.342 e. The van der Waals surface area contributed by atoms with Gasteiger partial charge in [-0.2, -0.15) is 5.26 Å². The van der Waals surface area contributed by atoms with Crippen molar-refractivity contribution in [2.24, 2.45) is 5.92 Å². The van der Waals surface area contributed by atoms with Crippen LogP contribution in [0, 0.1) is 17.2 Å². The molecule has 1 rings (SSSR count). The van der Waals surface area contributed by atoms with E-state index in [-0.39, 0.29) is 12.5 Å². The molecular weight excluding hydrogens is 204 g/mol. The van der Waals surface area contributed by atoms with E-state index in [0.29, 0.717) is 12.5 Å². The molecule has 16 heavy (non-hydrogen) atoms. The fourth-order valence-electron chi connectivity index (χ4n) is 2.03. The lowest BCUT2D eigenvalue weighted by Crippen LogP contribution is -2.40. The Morgan fingerprint density at radius 1 is 1.62 bits per heavy atom. The first kappa shape index (κ1) is 12.9. The second-order valence-corrected chi connectivity index (χ2v) is 4.34. The SMILES string of the molecule is CN1CCCC(CNCC(=O)NCC#N)C1. The van der Waals surface area contributed by atoms with E-state index in [1.165, 1.54) is 19.4 Å². The van der Waals surface area contributed by atoms with Gasteiger partial charge in [0, 0.05) is 6.54 Å². The van der Waals surface area contributed by atoms with Crippen LogP contribution in [0.1, 0.15) is 12.8 Å². The van der Waals surface area contributed by atoms with E-state index in [1.54, 1.807) is 0 Å². The summed E-state index contributed by atoms with van der Waals surface area (Å²) in [5.41, 5.74) is 0. The highest BCUT2D eigenvalue weighted by Crippen LogP contribution is 2.13. The third-order valence-electron chi connectivity index (χ3n) is 2.81. The Bertz CT molecular complexity index is 261. The fraction of sp³-hybridized carbons (Fsp3) is 0.818. The van der Waals surface area contributed by atoms with Gasteiger partial charge >= 0.3 is 0 Å². The number of carbonyl (C=O) groups is 1. The van der Waals surface area contributed by atoms with Gasteiger partial charge in [0.25, 0.3) is 0 Å². The van der Waals surface area contributed by atoms with Crippen molar-refractivity contribution in [3.63, 3.8) is 0 Å². The van der Waals surface area contributed by atoms with Crippen molar-refractivity contribution in [2.75, 3.05) is 39.8 Å². The summed E-state index contributed by atoms with van der Waals surface area (Å²) in [4.78, 5) is 13.5. The molecule has 0 bridgehead atoms. The molecule has 5 heteroatoms. The third kappa shape index (κ3) is 5.10. The molecule has 1 aliphatic heterocycles. The third-order valence-corrected chi connectivity index (χ3v) is 2.81. The number of piperidine rings is 1. The van der Waals surface area contributed by atoms with Gasteiger partial charge in [0.05, 0.1) is 12.6 Å². The van der Waals surface area contributed by atoms with Crippen molar-refractivity contribution >= 4 is 5.91 Å². The Kier molecular flexibility index (Phi) is 5.83. The van der Waals surface area contributed by atoms with E-state index in [2.05, 4.69) is 22.6 Å². The predicted molar refractivity (Wildman–Crippen MR) is 61.7 cm³/mol. The standard InChI is InChI=1S/C11H20N4O/c1-15-6-2-3-10(9-15)7-13-8-11(16)14-5-4-12/h10,13H,2-3,5-9H2,1H3,(H,14,16). The van der Waals surface area contributed by atoms with Crippen LogP contribution in [0.4, 0.5) is 0 Å². The summed E-state index contributed by atoms with van der Waals surface area (Å²) in [7, 11) is 2.13. The Morgan fingerprint density at radius 3 is 3.12 bits per heavy atom. The zero-order valence-electron chi connectivity index (χ0n) is 9.83. The van der Waals surface area contributed by atoms with Gasteiger partial charge in [0.15, 0.2) is 0 Å². The number of carbonyl (C=O) groups excluding carboxylic acids is 1. The van der Waals surface area contributed by atoms with Crippen molar-refractivity contribution < 1.29 is 4.79 Å². The first-order chi connectivity index (χ1) is 7.72. The van der Waals surface area contributed by atoms with Crippen molar-refractivity contribution in [1.29, 1.82) is 5.26 Å². The molecule has 0 aromatic rings. The number of amides is 1. The fourth-order valence-corrected chi connectivity index (χ4v) is 2.03. The zero-order valence-corrected chi connectivity index (χ0v) is 9.83. The maximum atomic E-state index is 11.2. The van der Waals surface area contributed by atoms with Crippen LogP contribution in [-0.4, -0.2) is 50.6 Å². The first-order valence-corrected chi connectivity index (χ1v) is 5.75. The summed E-state index contributed by atoms with van der Waals surface area (Å²) in [5, 5.41) is 13.9. The van der Waals surface area contributed by atoms with Crippen molar-refractivity contribution in [1.82, 2.24) is 15.5 Å². The molecule has 90 valence electrons. The molecule has 1 saturated heterocycles. The number of hydrogen-bond donors (Lipinski definition) is 2. The van der Waals surface area contributed by atoms with Gasteiger partial charge in [-0.15, -0.1) is 0 Å². The van der Waals surface area contributed by atoms with Crippen molar-refractivity contribution in [2.45, 2.75) is 12.8 Å². The first-order valence-electron chi connectivity index (χ1n) is 5.75. The Morgan fingerprint density at radius 2 is 2.44 bits per heavy atom. The topological polar surface area (TPSA) is 68.2 Å². The molecule has 0 saturated carbocycles. The maximum Gasteiger partial charge on any atom is 0.234 e. The highest BCUT2D eigenvalue weighted by Gasteiger charge is 2.16. The quantitative estimate of drug-likeness (QED) is 0.621. The van der Waals surface area contributed by atoms with Crippen LogP contribution in [0.5, 0.6) is 0 Å². The second kappa shape index (κ2) is 7.20. The molecule has 1 atom stereocenters. The monoisotopic (exact) mass is 224 g/mol. The molecule has 5 nitrogen and oxygen atoms in total. The van der Waals surface area contributed by atoms with Crippen LogP contribution >= 0.6 is 0 Å². The predicted octanol–water partition coefficient (Wildman–Crippen LogP) is -0.442. The lowest BCUT2D eigenvalue weighted by atomic mass is 9.98. The molecule has 1 amide bonds. The van der Waals surface area contributed by atoms with Crippen LogP contribution in [0.2, 0.25) is 0 Å². The zero-order chi connectivity index (χ0) is 11.8. The second-order valence-electron chi connectivity index (χ2n) is 4.34. The molecule has 1 aliphatic rings. The van der Waals surface area contributed by atoms with E-state index in [1.807, 2.05) is 6.07 Å². The van der Waals surface area contributed by atoms with E-state index in [9.17, 15) is 4.79 Å². The highest BCUT2D eigenvalue weighted by atomic mass is 16.1. The molecular formula is C11H20N4O. The normalized spacial score (nSPS) is 21.4. The van der Waals surface area contributed by atoms with Crippen molar-refractivity contribution in [3.8, 4) is 6.07 Å². The summed E-state index contributed by atoms with van der Waals surface area (Å²) in [6, 6.07) is 1.88. The van der Waals surface area contributed by atoms with Gasteiger partial charge in [-0.05, 0) is 38.9 Å². The number of hydrogen-bond acceptors (Lipinski definition) is 4. The molecule has 1 heterocycles. The summed E-state index contributed by atoms with van der Waals surface area (Å²) in [6.45, 7) is 3.56. The van der Waals surface area contributed by atoms with Gasteiger partial charge in [-0.1, -0.05) is 0 Å². The van der Waals surface area contributed by atoms with Gasteiger partial charge in [-0.25, -0.2) is 0 Å². The molecule has 1 fully saturated rings. The lowest BCUT2D eigenvalue weighted by Gasteiger charge is -2.29. The Labute approximate surface area is 96.8 Å². The largest absolute Gasteiger partial charge is 0.342 e. The van der Waals surface area contributed by atoms with Gasteiger partial charge in [0.1, 0.15) is 6.54 Å². The van der Waals surface area contributed by atoms with Gasteiger partial charge in [0.2, 0.25) is 5.91 Å². The number of nitrogens with zero attached hydrogens (tertiary/aromatic N) is 2. The molecule has 0 aliphatic carbocycles. The number of likely N-dealkylation sites (tertiary alicyclic amines) is 1. The van der Waals surface area contributed by atoms with Crippen molar-refractivity contribution in [3.05, 3.63) is 0 Å². The van der Waals surface area contributed by atoms with Crippen LogP contribution < -0.4 is 10.6 Å². The maximum absolute atomic E-state index is 11.2. The average Bonchev–Trinajstić information content (AvgIpc) is 2.26. The number of nitrogens with one attached hydrogen (secondary N) is 2. The van der Waals surface area contributed by atoms with Gasteiger partial charge in [-0.3, -0.25) is 4.79 Å². The summed E-state index contributed by atoms with van der Waals surface area (Å²) in [5.74, 6) is 0.535. The smallest absolute Gasteiger partial charge is 0.234 e. The van der Waals surface area contributed by atoms with E-state index in [0.717, 1.165) is 13.1 Å². The molecule has 0 aromatic carbocycles. The lowest BCUT2D eigenvalue weighted by molar-refractivity contribution is -0.120. The van der Waals surface area contributed by atoms with E-state index in [4.69, 9.17) is 5.26 Å². The van der Waals surface area contributed by atoms with E-state index < -0.39 is 0 Å². The van der Waals surface area contributed by atoms with Crippen LogP contribution in [0.3, 0.4) is 0 Å². The average molecular weight is 224 g/mol. The minimum absolute atomic E-state index is 0.0900. The summed E-state index contributed by atoms with van der Waals surface area (Å²) >= 11 is 0. The molecule has 0 aromatic heterocycles. The summed E-state index contributed by atoms with van der Waals surface area (Å²) < 4.78 is 0. The van der Waals surface area contributed by atoms with Crippen LogP contribution in [0.25, 0.3) is 0 Å².